The zero-order valence-corrected chi connectivity index (χ0v) is 7.77. The van der Waals surface area contributed by atoms with Gasteiger partial charge in [-0.15, -0.1) is 0 Å². The molecule has 74 valence electrons. The largest absolute Gasteiger partial charge is 0.496 e. The smallest absolute Gasteiger partial charge is 0.130 e. The van der Waals surface area contributed by atoms with Crippen molar-refractivity contribution in [3.8, 4) is 5.75 Å². The third-order valence-corrected chi connectivity index (χ3v) is 1.82. The molecule has 0 unspecified atom stereocenters. The van der Waals surface area contributed by atoms with Crippen LogP contribution in [0.2, 0.25) is 0 Å². The molecule has 0 heterocycles. The van der Waals surface area contributed by atoms with E-state index in [4.69, 9.17) is 10.3 Å². The van der Waals surface area contributed by atoms with Crippen molar-refractivity contribution in [3.05, 3.63) is 40.0 Å². The van der Waals surface area contributed by atoms with Crippen LogP contribution in [-0.4, -0.2) is 13.7 Å². The van der Waals surface area contributed by atoms with Crippen molar-refractivity contribution in [3.63, 3.8) is 0 Å². The van der Waals surface area contributed by atoms with Crippen LogP contribution in [0.3, 0.4) is 0 Å². The summed E-state index contributed by atoms with van der Waals surface area (Å²) in [5.41, 5.74) is 8.52. The highest BCUT2D eigenvalue weighted by molar-refractivity contribution is 5.34. The first-order valence-electron chi connectivity index (χ1n) is 4.12. The van der Waals surface area contributed by atoms with Crippen molar-refractivity contribution >= 4 is 0 Å². The molecular formula is C9H10FN3O. The molecule has 1 aromatic rings. The first kappa shape index (κ1) is 10.3. The first-order chi connectivity index (χ1) is 6.79. The van der Waals surface area contributed by atoms with E-state index in [1.807, 2.05) is 0 Å². The summed E-state index contributed by atoms with van der Waals surface area (Å²) in [7, 11) is 1.48. The van der Waals surface area contributed by atoms with E-state index < -0.39 is 0 Å². The molecule has 0 aromatic heterocycles. The number of rotatable bonds is 4. The Morgan fingerprint density at radius 1 is 1.57 bits per heavy atom. The molecule has 1 rings (SSSR count). The van der Waals surface area contributed by atoms with Gasteiger partial charge in [-0.2, -0.15) is 0 Å². The van der Waals surface area contributed by atoms with Gasteiger partial charge < -0.3 is 4.74 Å². The highest BCUT2D eigenvalue weighted by Gasteiger charge is 2.07. The van der Waals surface area contributed by atoms with E-state index in [0.717, 1.165) is 0 Å². The molecule has 5 heteroatoms. The molecule has 0 fully saturated rings. The van der Waals surface area contributed by atoms with Crippen molar-refractivity contribution in [2.45, 2.75) is 6.42 Å². The number of halogens is 1. The zero-order chi connectivity index (χ0) is 10.4. The van der Waals surface area contributed by atoms with Gasteiger partial charge in [-0.25, -0.2) is 4.39 Å². The second-order valence-corrected chi connectivity index (χ2v) is 2.63. The summed E-state index contributed by atoms with van der Waals surface area (Å²) >= 11 is 0. The van der Waals surface area contributed by atoms with E-state index >= 15 is 0 Å². The van der Waals surface area contributed by atoms with Crippen LogP contribution in [0, 0.1) is 5.82 Å². The van der Waals surface area contributed by atoms with Crippen LogP contribution in [0.25, 0.3) is 10.4 Å². The molecule has 0 saturated carbocycles. The summed E-state index contributed by atoms with van der Waals surface area (Å²) in [4.78, 5) is 2.60. The Morgan fingerprint density at radius 3 is 3.00 bits per heavy atom. The average molecular weight is 195 g/mol. The van der Waals surface area contributed by atoms with E-state index in [2.05, 4.69) is 10.0 Å². The quantitative estimate of drug-likeness (QED) is 0.414. The molecule has 0 N–H and O–H groups in total. The van der Waals surface area contributed by atoms with Crippen LogP contribution >= 0.6 is 0 Å². The van der Waals surface area contributed by atoms with Crippen molar-refractivity contribution in [2.24, 2.45) is 5.11 Å². The van der Waals surface area contributed by atoms with E-state index in [-0.39, 0.29) is 12.4 Å². The van der Waals surface area contributed by atoms with Gasteiger partial charge in [0.15, 0.2) is 0 Å². The monoisotopic (exact) mass is 195 g/mol. The third-order valence-electron chi connectivity index (χ3n) is 1.82. The molecule has 0 aliphatic rings. The van der Waals surface area contributed by atoms with Crippen molar-refractivity contribution in [1.29, 1.82) is 0 Å². The Bertz CT molecular complexity index is 361. The Balaban J connectivity index is 2.87. The normalized spacial score (nSPS) is 9.29. The predicted octanol–water partition coefficient (Wildman–Crippen LogP) is 2.69. The van der Waals surface area contributed by atoms with Gasteiger partial charge in [-0.05, 0) is 24.1 Å². The van der Waals surface area contributed by atoms with E-state index in [0.29, 0.717) is 17.7 Å². The second-order valence-electron chi connectivity index (χ2n) is 2.63. The van der Waals surface area contributed by atoms with Gasteiger partial charge in [0.1, 0.15) is 11.6 Å². The minimum Gasteiger partial charge on any atom is -0.496 e. The molecular weight excluding hydrogens is 185 g/mol. The molecule has 0 aliphatic carbocycles. The van der Waals surface area contributed by atoms with Crippen molar-refractivity contribution in [2.75, 3.05) is 13.7 Å². The zero-order valence-electron chi connectivity index (χ0n) is 7.77. The van der Waals surface area contributed by atoms with Gasteiger partial charge in [-0.1, -0.05) is 11.2 Å². The number of hydrogen-bond acceptors (Lipinski definition) is 2. The third kappa shape index (κ3) is 2.37. The summed E-state index contributed by atoms with van der Waals surface area (Å²) in [6.45, 7) is 0.230. The molecule has 14 heavy (non-hydrogen) atoms. The van der Waals surface area contributed by atoms with Gasteiger partial charge in [0, 0.05) is 17.0 Å². The van der Waals surface area contributed by atoms with Crippen molar-refractivity contribution < 1.29 is 9.13 Å². The summed E-state index contributed by atoms with van der Waals surface area (Å²) in [6.07, 6.45) is 0.347. The highest BCUT2D eigenvalue weighted by atomic mass is 19.1. The van der Waals surface area contributed by atoms with Crippen LogP contribution in [-0.2, 0) is 6.42 Å². The van der Waals surface area contributed by atoms with Crippen LogP contribution < -0.4 is 4.74 Å². The number of methoxy groups -OCH3 is 1. The van der Waals surface area contributed by atoms with Crippen LogP contribution in [0.4, 0.5) is 4.39 Å². The van der Waals surface area contributed by atoms with Crippen LogP contribution in [0.1, 0.15) is 5.56 Å². The Morgan fingerprint density at radius 2 is 2.36 bits per heavy atom. The lowest BCUT2D eigenvalue weighted by atomic mass is 10.1. The number of hydrogen-bond donors (Lipinski definition) is 0. The van der Waals surface area contributed by atoms with Crippen LogP contribution in [0.5, 0.6) is 5.75 Å². The molecule has 0 atom stereocenters. The number of azide groups is 1. The Labute approximate surface area is 80.9 Å². The second kappa shape index (κ2) is 5.09. The van der Waals surface area contributed by atoms with Gasteiger partial charge in [0.2, 0.25) is 0 Å². The highest BCUT2D eigenvalue weighted by Crippen LogP contribution is 2.21. The minimum absolute atomic E-state index is 0.230. The predicted molar refractivity (Wildman–Crippen MR) is 50.7 cm³/mol. The maximum Gasteiger partial charge on any atom is 0.130 e. The fraction of sp³-hybridized carbons (Fsp3) is 0.333. The topological polar surface area (TPSA) is 58.0 Å². The minimum atomic E-state index is -0.336. The van der Waals surface area contributed by atoms with Gasteiger partial charge in [0.25, 0.3) is 0 Å². The molecule has 4 nitrogen and oxygen atoms in total. The first-order valence-corrected chi connectivity index (χ1v) is 4.12. The SMILES string of the molecule is COc1cccc(F)c1CCN=[N+]=[N-]. The van der Waals surface area contributed by atoms with Crippen molar-refractivity contribution in [1.82, 2.24) is 0 Å². The van der Waals surface area contributed by atoms with Gasteiger partial charge in [0.05, 0.1) is 7.11 Å². The molecule has 0 amide bonds. The Hall–Kier alpha value is -1.74. The summed E-state index contributed by atoms with van der Waals surface area (Å²) in [5, 5.41) is 3.34. The van der Waals surface area contributed by atoms with E-state index in [1.165, 1.54) is 13.2 Å². The molecule has 0 saturated heterocycles. The van der Waals surface area contributed by atoms with Gasteiger partial charge in [-0.3, -0.25) is 0 Å². The molecule has 0 radical (unpaired) electrons. The maximum absolute atomic E-state index is 13.2. The van der Waals surface area contributed by atoms with E-state index in [9.17, 15) is 4.39 Å². The van der Waals surface area contributed by atoms with Gasteiger partial charge >= 0.3 is 0 Å². The number of benzene rings is 1. The molecule has 0 spiro atoms. The number of ether oxygens (including phenoxy) is 1. The maximum atomic E-state index is 13.2. The molecule has 0 aliphatic heterocycles. The average Bonchev–Trinajstić information content (AvgIpc) is 2.20. The lowest BCUT2D eigenvalue weighted by Crippen LogP contribution is -1.97. The molecule has 0 bridgehead atoms. The summed E-state index contributed by atoms with van der Waals surface area (Å²) in [6, 6.07) is 4.60. The van der Waals surface area contributed by atoms with E-state index in [1.54, 1.807) is 12.1 Å². The fourth-order valence-corrected chi connectivity index (χ4v) is 1.18. The number of nitrogens with zero attached hydrogens (tertiary/aromatic N) is 3. The lowest BCUT2D eigenvalue weighted by molar-refractivity contribution is 0.404. The standard InChI is InChI=1S/C9H10FN3O/c1-14-9-4-2-3-8(10)7(9)5-6-12-13-11/h2-4H,5-6H2,1H3. The lowest BCUT2D eigenvalue weighted by Gasteiger charge is -2.07. The Kier molecular flexibility index (Phi) is 3.76. The summed E-state index contributed by atoms with van der Waals surface area (Å²) < 4.78 is 18.2. The fourth-order valence-electron chi connectivity index (χ4n) is 1.18. The summed E-state index contributed by atoms with van der Waals surface area (Å²) in [5.74, 6) is 0.149. The van der Waals surface area contributed by atoms with Crippen LogP contribution in [0.15, 0.2) is 23.3 Å². The molecule has 1 aromatic carbocycles.